The Hall–Kier alpha value is -0.0800. The molecule has 2 unspecified atom stereocenters. The largest absolute Gasteiger partial charge is 0.393 e. The Morgan fingerprint density at radius 2 is 2.06 bits per heavy atom. The molecule has 1 saturated carbocycles. The van der Waals surface area contributed by atoms with Crippen molar-refractivity contribution in [2.45, 2.75) is 76.4 Å². The molecular formula is C14H26O2. The van der Waals surface area contributed by atoms with E-state index >= 15 is 0 Å². The third kappa shape index (κ3) is 2.78. The molecule has 2 atom stereocenters. The third-order valence-electron chi connectivity index (χ3n) is 4.42. The summed E-state index contributed by atoms with van der Waals surface area (Å²) >= 11 is 0. The quantitative estimate of drug-likeness (QED) is 0.800. The number of aliphatic hydroxyl groups excluding tert-OH is 1. The van der Waals surface area contributed by atoms with E-state index in [1.54, 1.807) is 0 Å². The summed E-state index contributed by atoms with van der Waals surface area (Å²) in [5, 5.41) is 10.1. The van der Waals surface area contributed by atoms with Crippen LogP contribution in [0.25, 0.3) is 0 Å². The molecule has 2 fully saturated rings. The highest BCUT2D eigenvalue weighted by atomic mass is 16.5. The third-order valence-corrected chi connectivity index (χ3v) is 4.42. The van der Waals surface area contributed by atoms with Gasteiger partial charge in [-0.25, -0.2) is 0 Å². The lowest BCUT2D eigenvalue weighted by Gasteiger charge is -2.44. The molecule has 0 radical (unpaired) electrons. The van der Waals surface area contributed by atoms with E-state index in [1.807, 2.05) is 0 Å². The molecule has 1 heterocycles. The maximum atomic E-state index is 10.1. The average Bonchev–Trinajstić information content (AvgIpc) is 2.30. The van der Waals surface area contributed by atoms with Gasteiger partial charge >= 0.3 is 0 Å². The van der Waals surface area contributed by atoms with E-state index in [-0.39, 0.29) is 11.7 Å². The zero-order chi connectivity index (χ0) is 11.4. The van der Waals surface area contributed by atoms with Crippen molar-refractivity contribution < 1.29 is 9.84 Å². The second-order valence-corrected chi connectivity index (χ2v) is 5.70. The maximum Gasteiger partial charge on any atom is 0.0686 e. The Balaban J connectivity index is 1.92. The molecule has 1 N–H and O–H groups in total. The zero-order valence-corrected chi connectivity index (χ0v) is 10.6. The predicted octanol–water partition coefficient (Wildman–Crippen LogP) is 3.28. The first-order valence-corrected chi connectivity index (χ1v) is 7.08. The van der Waals surface area contributed by atoms with Gasteiger partial charge in [0.15, 0.2) is 0 Å². The van der Waals surface area contributed by atoms with Crippen molar-refractivity contribution in [2.75, 3.05) is 6.61 Å². The minimum absolute atomic E-state index is 0.0901. The van der Waals surface area contributed by atoms with Gasteiger partial charge in [0, 0.05) is 6.61 Å². The van der Waals surface area contributed by atoms with Crippen LogP contribution in [0.4, 0.5) is 0 Å². The average molecular weight is 226 g/mol. The molecular weight excluding hydrogens is 200 g/mol. The minimum atomic E-state index is -0.0901. The molecule has 0 aromatic carbocycles. The van der Waals surface area contributed by atoms with Crippen molar-refractivity contribution in [1.29, 1.82) is 0 Å². The standard InChI is InChI=1S/C14H26O2/c1-2-6-13(15)12-7-10-16-14(11-12)8-4-3-5-9-14/h12-13,15H,2-11H2,1H3. The van der Waals surface area contributed by atoms with Crippen molar-refractivity contribution in [3.8, 4) is 0 Å². The molecule has 94 valence electrons. The van der Waals surface area contributed by atoms with Gasteiger partial charge in [-0.1, -0.05) is 32.6 Å². The summed E-state index contributed by atoms with van der Waals surface area (Å²) in [7, 11) is 0. The Labute approximate surface area is 99.4 Å². The molecule has 16 heavy (non-hydrogen) atoms. The number of aliphatic hydroxyl groups is 1. The van der Waals surface area contributed by atoms with Crippen LogP contribution in [-0.2, 0) is 4.74 Å². The summed E-state index contributed by atoms with van der Waals surface area (Å²) in [5.74, 6) is 0.492. The summed E-state index contributed by atoms with van der Waals surface area (Å²) in [4.78, 5) is 0. The van der Waals surface area contributed by atoms with Crippen LogP contribution in [0.3, 0.4) is 0 Å². The first kappa shape index (κ1) is 12.4. The van der Waals surface area contributed by atoms with Crippen molar-refractivity contribution >= 4 is 0 Å². The van der Waals surface area contributed by atoms with E-state index < -0.39 is 0 Å². The molecule has 1 spiro atoms. The van der Waals surface area contributed by atoms with Gasteiger partial charge in [-0.3, -0.25) is 0 Å². The first-order valence-electron chi connectivity index (χ1n) is 7.08. The Morgan fingerprint density at radius 3 is 2.75 bits per heavy atom. The molecule has 1 saturated heterocycles. The fraction of sp³-hybridized carbons (Fsp3) is 1.00. The van der Waals surface area contributed by atoms with Crippen LogP contribution in [-0.4, -0.2) is 23.4 Å². The van der Waals surface area contributed by atoms with Crippen LogP contribution in [0.1, 0.15) is 64.7 Å². The van der Waals surface area contributed by atoms with Crippen molar-refractivity contribution in [1.82, 2.24) is 0 Å². The maximum absolute atomic E-state index is 10.1. The van der Waals surface area contributed by atoms with Crippen molar-refractivity contribution in [3.05, 3.63) is 0 Å². The summed E-state index contributed by atoms with van der Waals surface area (Å²) in [6.07, 6.45) is 10.6. The Bertz CT molecular complexity index is 203. The van der Waals surface area contributed by atoms with Gasteiger partial charge in [0.05, 0.1) is 11.7 Å². The molecule has 2 rings (SSSR count). The first-order chi connectivity index (χ1) is 7.76. The highest BCUT2D eigenvalue weighted by Gasteiger charge is 2.40. The monoisotopic (exact) mass is 226 g/mol. The Kier molecular flexibility index (Phi) is 4.26. The van der Waals surface area contributed by atoms with E-state index in [9.17, 15) is 5.11 Å². The number of hydrogen-bond donors (Lipinski definition) is 1. The Morgan fingerprint density at radius 1 is 1.31 bits per heavy atom. The molecule has 0 amide bonds. The van der Waals surface area contributed by atoms with Crippen LogP contribution in [0.2, 0.25) is 0 Å². The van der Waals surface area contributed by atoms with Crippen LogP contribution in [0.15, 0.2) is 0 Å². The predicted molar refractivity (Wildman–Crippen MR) is 65.4 cm³/mol. The fourth-order valence-corrected chi connectivity index (χ4v) is 3.47. The smallest absolute Gasteiger partial charge is 0.0686 e. The van der Waals surface area contributed by atoms with Gasteiger partial charge < -0.3 is 9.84 Å². The molecule has 1 aliphatic carbocycles. The molecule has 1 aliphatic heterocycles. The van der Waals surface area contributed by atoms with Crippen LogP contribution in [0, 0.1) is 5.92 Å². The molecule has 0 bridgehead atoms. The second-order valence-electron chi connectivity index (χ2n) is 5.70. The van der Waals surface area contributed by atoms with Gasteiger partial charge in [0.25, 0.3) is 0 Å². The van der Waals surface area contributed by atoms with E-state index in [1.165, 1.54) is 32.1 Å². The van der Waals surface area contributed by atoms with Gasteiger partial charge in [0.1, 0.15) is 0 Å². The van der Waals surface area contributed by atoms with Crippen LogP contribution < -0.4 is 0 Å². The number of ether oxygens (including phenoxy) is 1. The lowest BCUT2D eigenvalue weighted by atomic mass is 9.74. The molecule has 0 aromatic heterocycles. The van der Waals surface area contributed by atoms with Crippen LogP contribution in [0.5, 0.6) is 0 Å². The molecule has 0 aromatic rings. The van der Waals surface area contributed by atoms with Gasteiger partial charge in [-0.2, -0.15) is 0 Å². The molecule has 2 aliphatic rings. The fourth-order valence-electron chi connectivity index (χ4n) is 3.47. The van der Waals surface area contributed by atoms with E-state index in [4.69, 9.17) is 4.74 Å². The second kappa shape index (κ2) is 5.50. The summed E-state index contributed by atoms with van der Waals surface area (Å²) in [6.45, 7) is 3.02. The number of hydrogen-bond acceptors (Lipinski definition) is 2. The number of rotatable bonds is 3. The molecule has 2 heteroatoms. The highest BCUT2D eigenvalue weighted by Crippen LogP contribution is 2.41. The van der Waals surface area contributed by atoms with E-state index in [0.717, 1.165) is 32.3 Å². The van der Waals surface area contributed by atoms with Gasteiger partial charge in [0.2, 0.25) is 0 Å². The van der Waals surface area contributed by atoms with Crippen LogP contribution >= 0.6 is 0 Å². The minimum Gasteiger partial charge on any atom is -0.393 e. The lowest BCUT2D eigenvalue weighted by molar-refractivity contribution is -0.134. The van der Waals surface area contributed by atoms with Gasteiger partial charge in [-0.05, 0) is 38.0 Å². The highest BCUT2D eigenvalue weighted by molar-refractivity contribution is 4.91. The zero-order valence-electron chi connectivity index (χ0n) is 10.6. The topological polar surface area (TPSA) is 29.5 Å². The summed E-state index contributed by atoms with van der Waals surface area (Å²) in [6, 6.07) is 0. The van der Waals surface area contributed by atoms with Crippen molar-refractivity contribution in [2.24, 2.45) is 5.92 Å². The van der Waals surface area contributed by atoms with E-state index in [0.29, 0.717) is 5.92 Å². The summed E-state index contributed by atoms with van der Waals surface area (Å²) in [5.41, 5.74) is 0.149. The lowest BCUT2D eigenvalue weighted by Crippen LogP contribution is -2.44. The SMILES string of the molecule is CCCC(O)C1CCOC2(CCCCC2)C1. The normalized spacial score (nSPS) is 31.5. The molecule has 2 nitrogen and oxygen atoms in total. The van der Waals surface area contributed by atoms with Gasteiger partial charge in [-0.15, -0.1) is 0 Å². The summed E-state index contributed by atoms with van der Waals surface area (Å²) < 4.78 is 6.05. The van der Waals surface area contributed by atoms with E-state index in [2.05, 4.69) is 6.92 Å². The van der Waals surface area contributed by atoms with Crippen molar-refractivity contribution in [3.63, 3.8) is 0 Å².